The van der Waals surface area contributed by atoms with Crippen molar-refractivity contribution >= 4 is 0 Å². The van der Waals surface area contributed by atoms with Crippen LogP contribution in [0, 0.1) is 0 Å². The Morgan fingerprint density at radius 2 is 2.00 bits per heavy atom. The summed E-state index contributed by atoms with van der Waals surface area (Å²) in [6.07, 6.45) is 1.63. The lowest BCUT2D eigenvalue weighted by molar-refractivity contribution is 0.449. The van der Waals surface area contributed by atoms with Gasteiger partial charge in [-0.3, -0.25) is 0 Å². The number of hydrogen-bond acceptors (Lipinski definition) is 4. The second kappa shape index (κ2) is 4.87. The average Bonchev–Trinajstić information content (AvgIpc) is 2.53. The third-order valence-electron chi connectivity index (χ3n) is 1.58. The predicted molar refractivity (Wildman–Crippen MR) is 45.9 cm³/mol. The van der Waals surface area contributed by atoms with Gasteiger partial charge < -0.3 is 9.73 Å². The summed E-state index contributed by atoms with van der Waals surface area (Å²) >= 11 is 0. The van der Waals surface area contributed by atoms with E-state index < -0.39 is 0 Å². The molecule has 0 aliphatic rings. The standard InChI is InChI=1S/C8H15N3O/c1-3-7-10-11-8(12-7)5-6-9-4-2/h9H,3-6H2,1-2H3. The maximum atomic E-state index is 5.32. The van der Waals surface area contributed by atoms with Crippen molar-refractivity contribution in [2.24, 2.45) is 0 Å². The van der Waals surface area contributed by atoms with Gasteiger partial charge in [-0.05, 0) is 6.54 Å². The molecular formula is C8H15N3O. The number of hydrogen-bond donors (Lipinski definition) is 1. The molecule has 1 aromatic heterocycles. The summed E-state index contributed by atoms with van der Waals surface area (Å²) in [4.78, 5) is 0. The van der Waals surface area contributed by atoms with Crippen LogP contribution in [0.3, 0.4) is 0 Å². The Kier molecular flexibility index (Phi) is 3.73. The van der Waals surface area contributed by atoms with Crippen molar-refractivity contribution in [2.75, 3.05) is 13.1 Å². The second-order valence-electron chi connectivity index (χ2n) is 2.55. The SMILES string of the molecule is CCNCCc1nnc(CC)o1. The van der Waals surface area contributed by atoms with Crippen molar-refractivity contribution < 1.29 is 4.42 Å². The fourth-order valence-electron chi connectivity index (χ4n) is 0.904. The van der Waals surface area contributed by atoms with Crippen molar-refractivity contribution in [3.05, 3.63) is 11.8 Å². The quantitative estimate of drug-likeness (QED) is 0.662. The summed E-state index contributed by atoms with van der Waals surface area (Å²) in [6, 6.07) is 0. The first-order valence-electron chi connectivity index (χ1n) is 4.38. The van der Waals surface area contributed by atoms with Crippen LogP contribution in [0.1, 0.15) is 25.6 Å². The highest BCUT2D eigenvalue weighted by Gasteiger charge is 2.02. The van der Waals surface area contributed by atoms with Crippen LogP contribution in [0.4, 0.5) is 0 Å². The second-order valence-corrected chi connectivity index (χ2v) is 2.55. The molecule has 4 nitrogen and oxygen atoms in total. The van der Waals surface area contributed by atoms with E-state index in [2.05, 4.69) is 22.4 Å². The molecule has 0 fully saturated rings. The molecular weight excluding hydrogens is 154 g/mol. The van der Waals surface area contributed by atoms with E-state index >= 15 is 0 Å². The first-order valence-corrected chi connectivity index (χ1v) is 4.38. The predicted octanol–water partition coefficient (Wildman–Crippen LogP) is 0.784. The minimum atomic E-state index is 0.724. The number of nitrogens with zero attached hydrogens (tertiary/aromatic N) is 2. The summed E-state index contributed by atoms with van der Waals surface area (Å²) in [5.74, 6) is 1.45. The number of likely N-dealkylation sites (N-methyl/N-ethyl adjacent to an activating group) is 1. The van der Waals surface area contributed by atoms with Gasteiger partial charge in [0.2, 0.25) is 11.8 Å². The zero-order valence-corrected chi connectivity index (χ0v) is 7.63. The maximum absolute atomic E-state index is 5.32. The molecule has 4 heteroatoms. The Labute approximate surface area is 72.4 Å². The third kappa shape index (κ3) is 2.62. The topological polar surface area (TPSA) is 51.0 Å². The van der Waals surface area contributed by atoms with Crippen LogP contribution in [0.2, 0.25) is 0 Å². The molecule has 12 heavy (non-hydrogen) atoms. The van der Waals surface area contributed by atoms with E-state index in [1.807, 2.05) is 6.92 Å². The van der Waals surface area contributed by atoms with Gasteiger partial charge in [0.1, 0.15) is 0 Å². The largest absolute Gasteiger partial charge is 0.425 e. The molecule has 0 atom stereocenters. The summed E-state index contributed by atoms with van der Waals surface area (Å²) in [5.41, 5.74) is 0. The maximum Gasteiger partial charge on any atom is 0.217 e. The molecule has 1 aromatic rings. The molecule has 0 bridgehead atoms. The van der Waals surface area contributed by atoms with Gasteiger partial charge in [-0.2, -0.15) is 0 Å². The first-order chi connectivity index (χ1) is 5.86. The van der Waals surface area contributed by atoms with Crippen LogP contribution < -0.4 is 5.32 Å². The minimum Gasteiger partial charge on any atom is -0.425 e. The van der Waals surface area contributed by atoms with Gasteiger partial charge >= 0.3 is 0 Å². The Hall–Kier alpha value is -0.900. The van der Waals surface area contributed by atoms with Crippen molar-refractivity contribution in [1.29, 1.82) is 0 Å². The minimum absolute atomic E-state index is 0.724. The number of rotatable bonds is 5. The van der Waals surface area contributed by atoms with Crippen molar-refractivity contribution in [1.82, 2.24) is 15.5 Å². The van der Waals surface area contributed by atoms with Gasteiger partial charge in [-0.1, -0.05) is 13.8 Å². The number of nitrogens with one attached hydrogen (secondary N) is 1. The van der Waals surface area contributed by atoms with Crippen molar-refractivity contribution in [3.63, 3.8) is 0 Å². The first kappa shape index (κ1) is 9.19. The normalized spacial score (nSPS) is 10.5. The highest BCUT2D eigenvalue weighted by molar-refractivity contribution is 4.81. The molecule has 0 saturated heterocycles. The molecule has 1 rings (SSSR count). The van der Waals surface area contributed by atoms with E-state index in [9.17, 15) is 0 Å². The van der Waals surface area contributed by atoms with Crippen LogP contribution in [0.5, 0.6) is 0 Å². The van der Waals surface area contributed by atoms with Gasteiger partial charge in [0.05, 0.1) is 0 Å². The van der Waals surface area contributed by atoms with Crippen molar-refractivity contribution in [2.45, 2.75) is 26.7 Å². The Morgan fingerprint density at radius 1 is 1.25 bits per heavy atom. The monoisotopic (exact) mass is 169 g/mol. The molecule has 1 N–H and O–H groups in total. The molecule has 0 radical (unpaired) electrons. The third-order valence-corrected chi connectivity index (χ3v) is 1.58. The van der Waals surface area contributed by atoms with Crippen LogP contribution in [-0.4, -0.2) is 23.3 Å². The van der Waals surface area contributed by atoms with Gasteiger partial charge in [-0.25, -0.2) is 0 Å². The van der Waals surface area contributed by atoms with Crippen LogP contribution in [-0.2, 0) is 12.8 Å². The molecule has 0 amide bonds. The lowest BCUT2D eigenvalue weighted by Gasteiger charge is -1.95. The Balaban J connectivity index is 2.31. The van der Waals surface area contributed by atoms with Crippen LogP contribution in [0.15, 0.2) is 4.42 Å². The number of aromatic nitrogens is 2. The molecule has 0 aliphatic heterocycles. The summed E-state index contributed by atoms with van der Waals surface area (Å²) in [6.45, 7) is 5.96. The summed E-state index contributed by atoms with van der Waals surface area (Å²) < 4.78 is 5.32. The smallest absolute Gasteiger partial charge is 0.217 e. The molecule has 0 aliphatic carbocycles. The van der Waals surface area contributed by atoms with E-state index in [1.54, 1.807) is 0 Å². The lowest BCUT2D eigenvalue weighted by atomic mass is 10.4. The van der Waals surface area contributed by atoms with E-state index in [0.29, 0.717) is 0 Å². The van der Waals surface area contributed by atoms with Crippen LogP contribution >= 0.6 is 0 Å². The summed E-state index contributed by atoms with van der Waals surface area (Å²) in [5, 5.41) is 11.0. The van der Waals surface area contributed by atoms with E-state index in [-0.39, 0.29) is 0 Å². The Bertz CT molecular complexity index is 222. The molecule has 0 spiro atoms. The van der Waals surface area contributed by atoms with Gasteiger partial charge in [0.25, 0.3) is 0 Å². The highest BCUT2D eigenvalue weighted by atomic mass is 16.4. The lowest BCUT2D eigenvalue weighted by Crippen LogP contribution is -2.16. The Morgan fingerprint density at radius 3 is 2.58 bits per heavy atom. The number of aryl methyl sites for hydroxylation is 1. The average molecular weight is 169 g/mol. The molecule has 0 saturated carbocycles. The fraction of sp³-hybridized carbons (Fsp3) is 0.750. The van der Waals surface area contributed by atoms with Crippen LogP contribution in [0.25, 0.3) is 0 Å². The van der Waals surface area contributed by atoms with E-state index in [4.69, 9.17) is 4.42 Å². The molecule has 0 aromatic carbocycles. The molecule has 68 valence electrons. The van der Waals surface area contributed by atoms with Crippen molar-refractivity contribution in [3.8, 4) is 0 Å². The zero-order chi connectivity index (χ0) is 8.81. The van der Waals surface area contributed by atoms with Gasteiger partial charge in [-0.15, -0.1) is 10.2 Å². The molecule has 1 heterocycles. The highest BCUT2D eigenvalue weighted by Crippen LogP contribution is 1.99. The molecule has 0 unspecified atom stereocenters. The van der Waals surface area contributed by atoms with E-state index in [1.165, 1.54) is 0 Å². The zero-order valence-electron chi connectivity index (χ0n) is 7.63. The van der Waals surface area contributed by atoms with Gasteiger partial charge in [0.15, 0.2) is 0 Å². The van der Waals surface area contributed by atoms with Gasteiger partial charge in [0, 0.05) is 19.4 Å². The fourth-order valence-corrected chi connectivity index (χ4v) is 0.904. The van der Waals surface area contributed by atoms with E-state index in [0.717, 1.165) is 37.7 Å². The summed E-state index contributed by atoms with van der Waals surface area (Å²) in [7, 11) is 0.